The molecule has 0 N–H and O–H groups in total. The van der Waals surface area contributed by atoms with Crippen molar-refractivity contribution in [3.63, 3.8) is 0 Å². The van der Waals surface area contributed by atoms with Crippen LogP contribution in [0.5, 0.6) is 0 Å². The minimum Gasteiger partial charge on any atom is -0.244 e. The molecular formula is C8H9BrClNO4S2. The number of sulfone groups is 1. The van der Waals surface area contributed by atoms with E-state index in [1.165, 1.54) is 6.20 Å². The Morgan fingerprint density at radius 2 is 1.88 bits per heavy atom. The van der Waals surface area contributed by atoms with Crippen molar-refractivity contribution < 1.29 is 16.8 Å². The Morgan fingerprint density at radius 3 is 2.41 bits per heavy atom. The first-order chi connectivity index (χ1) is 7.63. The standard InChI is InChI=1S/C8H9BrClNO4S2/c1-6-2-3-11-8(7(6)9)16(12,13)4-5-17(10,14)15/h2-3H,4-5H2,1H3. The van der Waals surface area contributed by atoms with Crippen molar-refractivity contribution in [1.82, 2.24) is 4.98 Å². The molecule has 96 valence electrons. The van der Waals surface area contributed by atoms with E-state index in [0.717, 1.165) is 0 Å². The number of aromatic nitrogens is 1. The number of rotatable bonds is 4. The Hall–Kier alpha value is -0.180. The van der Waals surface area contributed by atoms with E-state index in [-0.39, 0.29) is 5.03 Å². The Bertz CT molecular complexity index is 627. The predicted molar refractivity (Wildman–Crippen MR) is 68.4 cm³/mol. The third-order valence-corrected chi connectivity index (χ3v) is 6.26. The number of pyridine rings is 1. The quantitative estimate of drug-likeness (QED) is 0.758. The molecule has 0 aliphatic carbocycles. The lowest BCUT2D eigenvalue weighted by Crippen LogP contribution is -2.16. The Morgan fingerprint density at radius 1 is 1.29 bits per heavy atom. The summed E-state index contributed by atoms with van der Waals surface area (Å²) in [6.45, 7) is 1.71. The molecule has 0 bridgehead atoms. The summed E-state index contributed by atoms with van der Waals surface area (Å²) >= 11 is 3.11. The summed E-state index contributed by atoms with van der Waals surface area (Å²) in [4.78, 5) is 3.74. The van der Waals surface area contributed by atoms with Gasteiger partial charge < -0.3 is 0 Å². The molecule has 17 heavy (non-hydrogen) atoms. The van der Waals surface area contributed by atoms with E-state index in [0.29, 0.717) is 10.0 Å². The van der Waals surface area contributed by atoms with Gasteiger partial charge in [-0.2, -0.15) is 0 Å². The highest BCUT2D eigenvalue weighted by molar-refractivity contribution is 9.10. The molecular weight excluding hydrogens is 354 g/mol. The average molecular weight is 363 g/mol. The van der Waals surface area contributed by atoms with Crippen LogP contribution in [0.1, 0.15) is 5.56 Å². The Labute approximate surface area is 113 Å². The van der Waals surface area contributed by atoms with Crippen LogP contribution in [0.25, 0.3) is 0 Å². The molecule has 0 amide bonds. The summed E-state index contributed by atoms with van der Waals surface area (Å²) in [5, 5.41) is -0.169. The van der Waals surface area contributed by atoms with E-state index in [9.17, 15) is 16.8 Å². The van der Waals surface area contributed by atoms with E-state index < -0.39 is 30.4 Å². The molecule has 0 fully saturated rings. The van der Waals surface area contributed by atoms with Gasteiger partial charge in [0.25, 0.3) is 0 Å². The second kappa shape index (κ2) is 5.21. The van der Waals surface area contributed by atoms with Gasteiger partial charge in [0.2, 0.25) is 9.05 Å². The molecule has 0 saturated heterocycles. The summed E-state index contributed by atoms with van der Waals surface area (Å²) < 4.78 is 45.5. The Kier molecular flexibility index (Phi) is 4.56. The maximum Gasteiger partial charge on any atom is 0.233 e. The first kappa shape index (κ1) is 14.9. The number of hydrogen-bond acceptors (Lipinski definition) is 5. The average Bonchev–Trinajstić information content (AvgIpc) is 2.18. The van der Waals surface area contributed by atoms with Crippen LogP contribution >= 0.6 is 26.6 Å². The molecule has 0 aliphatic rings. The fourth-order valence-electron chi connectivity index (χ4n) is 1.04. The zero-order valence-electron chi connectivity index (χ0n) is 8.72. The van der Waals surface area contributed by atoms with Crippen LogP contribution in [-0.2, 0) is 18.9 Å². The van der Waals surface area contributed by atoms with Crippen LogP contribution in [0.15, 0.2) is 21.8 Å². The highest BCUT2D eigenvalue weighted by Gasteiger charge is 2.22. The highest BCUT2D eigenvalue weighted by atomic mass is 79.9. The van der Waals surface area contributed by atoms with Crippen molar-refractivity contribution in [1.29, 1.82) is 0 Å². The monoisotopic (exact) mass is 361 g/mol. The van der Waals surface area contributed by atoms with Crippen molar-refractivity contribution in [3.05, 3.63) is 22.3 Å². The van der Waals surface area contributed by atoms with Gasteiger partial charge in [0.05, 0.1) is 16.0 Å². The van der Waals surface area contributed by atoms with Crippen molar-refractivity contribution >= 4 is 45.5 Å². The van der Waals surface area contributed by atoms with Gasteiger partial charge >= 0.3 is 0 Å². The third kappa shape index (κ3) is 4.20. The van der Waals surface area contributed by atoms with Gasteiger partial charge in [-0.3, -0.25) is 0 Å². The lowest BCUT2D eigenvalue weighted by Gasteiger charge is -2.06. The maximum absolute atomic E-state index is 11.8. The minimum absolute atomic E-state index is 0.169. The molecule has 0 saturated carbocycles. The fraction of sp³-hybridized carbons (Fsp3) is 0.375. The summed E-state index contributed by atoms with van der Waals surface area (Å²) in [7, 11) is -2.63. The molecule has 0 unspecified atom stereocenters. The summed E-state index contributed by atoms with van der Waals surface area (Å²) in [6, 6.07) is 1.64. The van der Waals surface area contributed by atoms with Gasteiger partial charge in [-0.05, 0) is 34.5 Å². The predicted octanol–water partition coefficient (Wildman–Crippen LogP) is 1.49. The smallest absolute Gasteiger partial charge is 0.233 e. The summed E-state index contributed by atoms with van der Waals surface area (Å²) in [5.74, 6) is -1.23. The lowest BCUT2D eigenvalue weighted by atomic mass is 10.3. The normalized spacial score (nSPS) is 12.6. The van der Waals surface area contributed by atoms with Crippen molar-refractivity contribution in [2.45, 2.75) is 11.9 Å². The summed E-state index contributed by atoms with van der Waals surface area (Å²) in [5.41, 5.74) is 0.701. The van der Waals surface area contributed by atoms with E-state index in [1.54, 1.807) is 13.0 Å². The second-order valence-electron chi connectivity index (χ2n) is 3.31. The van der Waals surface area contributed by atoms with Crippen LogP contribution in [0.3, 0.4) is 0 Å². The number of aryl methyl sites for hydroxylation is 1. The van der Waals surface area contributed by atoms with Gasteiger partial charge in [0, 0.05) is 16.9 Å². The van der Waals surface area contributed by atoms with Crippen LogP contribution in [0.2, 0.25) is 0 Å². The van der Waals surface area contributed by atoms with Crippen LogP contribution in [-0.4, -0.2) is 33.3 Å². The van der Waals surface area contributed by atoms with Crippen molar-refractivity contribution in [2.24, 2.45) is 0 Å². The zero-order chi connectivity index (χ0) is 13.3. The van der Waals surface area contributed by atoms with Crippen molar-refractivity contribution in [3.8, 4) is 0 Å². The molecule has 9 heteroatoms. The summed E-state index contributed by atoms with van der Waals surface area (Å²) in [6.07, 6.45) is 1.35. The molecule has 1 aromatic rings. The van der Waals surface area contributed by atoms with E-state index in [4.69, 9.17) is 10.7 Å². The lowest BCUT2D eigenvalue weighted by molar-refractivity contribution is 0.589. The minimum atomic E-state index is -3.84. The van der Waals surface area contributed by atoms with Gasteiger partial charge in [0.1, 0.15) is 0 Å². The molecule has 0 spiro atoms. The van der Waals surface area contributed by atoms with Gasteiger partial charge in [-0.1, -0.05) is 0 Å². The molecule has 0 aromatic carbocycles. The van der Waals surface area contributed by atoms with Gasteiger partial charge in [-0.25, -0.2) is 21.8 Å². The van der Waals surface area contributed by atoms with E-state index in [2.05, 4.69) is 20.9 Å². The first-order valence-corrected chi connectivity index (χ1v) is 9.32. The van der Waals surface area contributed by atoms with Gasteiger partial charge in [-0.15, -0.1) is 0 Å². The van der Waals surface area contributed by atoms with E-state index in [1.807, 2.05) is 0 Å². The molecule has 5 nitrogen and oxygen atoms in total. The first-order valence-electron chi connectivity index (χ1n) is 4.40. The molecule has 0 radical (unpaired) electrons. The molecule has 0 aliphatic heterocycles. The van der Waals surface area contributed by atoms with Gasteiger partial charge in [0.15, 0.2) is 14.9 Å². The number of nitrogens with zero attached hydrogens (tertiary/aromatic N) is 1. The van der Waals surface area contributed by atoms with Crippen molar-refractivity contribution in [2.75, 3.05) is 11.5 Å². The van der Waals surface area contributed by atoms with Crippen LogP contribution in [0, 0.1) is 6.92 Å². The highest BCUT2D eigenvalue weighted by Crippen LogP contribution is 2.24. The molecule has 1 heterocycles. The number of hydrogen-bond donors (Lipinski definition) is 0. The van der Waals surface area contributed by atoms with Crippen LogP contribution < -0.4 is 0 Å². The van der Waals surface area contributed by atoms with Crippen LogP contribution in [0.4, 0.5) is 0 Å². The molecule has 1 rings (SSSR count). The fourth-order valence-corrected chi connectivity index (χ4v) is 5.10. The van der Waals surface area contributed by atoms with E-state index >= 15 is 0 Å². The topological polar surface area (TPSA) is 81.2 Å². The Balaban J connectivity index is 3.11. The SMILES string of the molecule is Cc1ccnc(S(=O)(=O)CCS(=O)(=O)Cl)c1Br. The molecule has 1 aromatic heterocycles. The molecule has 0 atom stereocenters. The largest absolute Gasteiger partial charge is 0.244 e. The zero-order valence-corrected chi connectivity index (χ0v) is 12.7. The third-order valence-electron chi connectivity index (χ3n) is 1.94. The number of halogens is 2. The maximum atomic E-state index is 11.8. The second-order valence-corrected chi connectivity index (χ2v) is 9.02.